The molecule has 0 atom stereocenters. The quantitative estimate of drug-likeness (QED) is 0.0691. The number of anilines is 4. The molecule has 6 aliphatic rings. The summed E-state index contributed by atoms with van der Waals surface area (Å²) in [5, 5.41) is 20.7. The van der Waals surface area contributed by atoms with Gasteiger partial charge in [-0.3, -0.25) is 0 Å². The summed E-state index contributed by atoms with van der Waals surface area (Å²) in [5.74, 6) is 1.81. The molecule has 8 heterocycles. The lowest BCUT2D eigenvalue weighted by Crippen LogP contribution is -2.34. The Kier molecular flexibility index (Phi) is 16.5. The van der Waals surface area contributed by atoms with E-state index in [-0.39, 0.29) is 11.4 Å². The fraction of sp³-hybridized carbons (Fsp3) is 0.239. The Morgan fingerprint density at radius 3 is 1.28 bits per heavy atom. The van der Waals surface area contributed by atoms with Crippen LogP contribution in [0, 0.1) is 35.8 Å². The van der Waals surface area contributed by atoms with E-state index in [0.717, 1.165) is 91.7 Å². The van der Waals surface area contributed by atoms with Crippen LogP contribution in [-0.2, 0) is 35.2 Å². The second-order valence-electron chi connectivity index (χ2n) is 21.9. The van der Waals surface area contributed by atoms with E-state index in [4.69, 9.17) is 31.5 Å². The Morgan fingerprint density at radius 2 is 0.918 bits per heavy atom. The molecule has 4 aromatic carbocycles. The average Bonchev–Trinajstić information content (AvgIpc) is 3.60. The van der Waals surface area contributed by atoms with Crippen molar-refractivity contribution in [2.75, 3.05) is 73.5 Å². The Balaban J connectivity index is 0.000000177. The summed E-state index contributed by atoms with van der Waals surface area (Å²) in [7, 11) is 5.84. The lowest BCUT2D eigenvalue weighted by Gasteiger charge is -2.37. The molecule has 0 radical (unpaired) electrons. The molecule has 0 spiro atoms. The highest BCUT2D eigenvalue weighted by atomic mass is 16.5. The average molecular weight is 1120 g/mol. The van der Waals surface area contributed by atoms with Gasteiger partial charge in [0.1, 0.15) is 34.2 Å². The molecule has 6 aromatic rings. The third-order valence-corrected chi connectivity index (χ3v) is 16.0. The number of hydrogen-bond donors (Lipinski definition) is 0. The van der Waals surface area contributed by atoms with Crippen LogP contribution in [0.5, 0.6) is 0 Å². The number of fused-ring (bicyclic) bond motifs is 2. The van der Waals surface area contributed by atoms with E-state index in [9.17, 15) is 20.1 Å². The minimum absolute atomic E-state index is 0.0310. The maximum Gasteiger partial charge on any atom is 0.343 e. The summed E-state index contributed by atoms with van der Waals surface area (Å²) in [5.41, 5.74) is 14.2. The van der Waals surface area contributed by atoms with Crippen molar-refractivity contribution in [3.05, 3.63) is 255 Å². The summed E-state index contributed by atoms with van der Waals surface area (Å²) in [4.78, 5) is 41.4. The maximum atomic E-state index is 12.8. The van der Waals surface area contributed by atoms with E-state index in [0.29, 0.717) is 56.5 Å². The molecule has 0 aliphatic carbocycles. The number of ether oxygens (including phenoxy) is 2. The highest BCUT2D eigenvalue weighted by Gasteiger charge is 2.26. The van der Waals surface area contributed by atoms with Gasteiger partial charge in [-0.1, -0.05) is 12.2 Å². The molecule has 0 amide bonds. The van der Waals surface area contributed by atoms with Crippen LogP contribution in [0.15, 0.2) is 185 Å². The molecule has 0 bridgehead atoms. The van der Waals surface area contributed by atoms with Crippen molar-refractivity contribution >= 4 is 69.0 Å². The van der Waals surface area contributed by atoms with Crippen LogP contribution >= 0.6 is 0 Å². The lowest BCUT2D eigenvalue weighted by molar-refractivity contribution is 0.332. The fourth-order valence-electron chi connectivity index (χ4n) is 11.7. The second kappa shape index (κ2) is 24.9. The van der Waals surface area contributed by atoms with Crippen LogP contribution in [0.3, 0.4) is 0 Å². The van der Waals surface area contributed by atoms with Gasteiger partial charge in [0.15, 0.2) is 0 Å². The maximum absolute atomic E-state index is 12.8. The number of rotatable bonds is 11. The van der Waals surface area contributed by atoms with Crippen LogP contribution in [0.1, 0.15) is 77.1 Å². The summed E-state index contributed by atoms with van der Waals surface area (Å²) in [6.45, 7) is 22.3. The first kappa shape index (κ1) is 56.3. The molecule has 12 rings (SSSR count). The normalized spacial score (nSPS) is 17.2. The fourth-order valence-corrected chi connectivity index (χ4v) is 11.7. The Labute approximate surface area is 494 Å². The minimum Gasteiger partial charge on any atom is -0.457 e. The number of allylic oxidation sites excluding steroid dienone is 12. The Hall–Kier alpha value is -10.5. The van der Waals surface area contributed by atoms with Gasteiger partial charge < -0.3 is 37.9 Å². The van der Waals surface area contributed by atoms with Crippen molar-refractivity contribution < 1.29 is 18.3 Å². The van der Waals surface area contributed by atoms with Crippen molar-refractivity contribution in [3.8, 4) is 12.1 Å². The van der Waals surface area contributed by atoms with Crippen molar-refractivity contribution in [3.63, 3.8) is 0 Å². The predicted molar refractivity (Wildman–Crippen MR) is 338 cm³/mol. The van der Waals surface area contributed by atoms with E-state index < -0.39 is 11.3 Å². The zero-order chi connectivity index (χ0) is 59.1. The monoisotopic (exact) mass is 1120 g/mol. The molecule has 0 saturated carbocycles. The molecular formula is C71H62N8O6. The van der Waals surface area contributed by atoms with Crippen molar-refractivity contribution in [1.29, 1.82) is 10.5 Å². The van der Waals surface area contributed by atoms with Gasteiger partial charge >= 0.3 is 11.3 Å². The van der Waals surface area contributed by atoms with Crippen LogP contribution in [0.25, 0.3) is 55.9 Å². The van der Waals surface area contributed by atoms with E-state index in [1.165, 1.54) is 59.3 Å². The third kappa shape index (κ3) is 12.5. The number of benzene rings is 4. The lowest BCUT2D eigenvalue weighted by atomic mass is 9.90. The smallest absolute Gasteiger partial charge is 0.343 e. The highest BCUT2D eigenvalue weighted by Crippen LogP contribution is 2.39. The van der Waals surface area contributed by atoms with Crippen LogP contribution < -0.4 is 30.9 Å². The third-order valence-electron chi connectivity index (χ3n) is 16.0. The van der Waals surface area contributed by atoms with E-state index in [1.54, 1.807) is 60.7 Å². The van der Waals surface area contributed by atoms with E-state index in [1.807, 2.05) is 98.9 Å². The Bertz CT molecular complexity index is 4260. The molecule has 0 saturated heterocycles. The standard InChI is InChI=1S/C36H32N4O3.C35H30N4O3/c1-4-39(3)30-12-10-25-19-28(36(41)43-34(25)22-30)11-14-32-21-29(33(23-37)38-2)20-31(42-32)13-9-24-17-26-7-5-15-40-16-6-8-27(18-24)35(26)40;1-37-32(22-36)28-19-30(12-8-23-16-25-6-4-14-39-15-5-7-26(17-23)34(25)39)41-31(20-28)13-10-27-18-24-9-11-29(38(2)3)21-33(24)42-35(27)40/h9-14,17-22H,4-8,15-16H2,1,3H3;8-13,16-21H,4-7,14-15H2,2-3H3/b13-9+,14-11+,33-29+;12-8+,13-10+,32-28+. The largest absolute Gasteiger partial charge is 0.457 e. The van der Waals surface area contributed by atoms with Gasteiger partial charge in [-0.25, -0.2) is 29.8 Å². The predicted octanol–water partition coefficient (Wildman–Crippen LogP) is 13.9. The number of hydrogen-bond acceptors (Lipinski definition) is 12. The molecular weight excluding hydrogens is 1060 g/mol. The van der Waals surface area contributed by atoms with Gasteiger partial charge in [0, 0.05) is 99.5 Å². The summed E-state index contributed by atoms with van der Waals surface area (Å²) >= 11 is 0. The van der Waals surface area contributed by atoms with Crippen LogP contribution in [0.2, 0.25) is 0 Å². The molecule has 0 fully saturated rings. The van der Waals surface area contributed by atoms with Crippen LogP contribution in [-0.4, -0.2) is 53.9 Å². The molecule has 0 N–H and O–H groups in total. The van der Waals surface area contributed by atoms with E-state index in [2.05, 4.69) is 55.6 Å². The SMILES string of the molecule is [C-]#[N+]/C(C#N)=C1C=C(/C=C/c2cc3c4c(c2)CCCN4CCC3)OC(/C=C/c2cc3ccc(N(C)C)cc3oc2=O)=C\1.[C-]#[N+]/C(C#N)=C1C=C(/C=C/c2cc3c4c(c2)CCCN4CCC3)OC(/C=C/c2cc3ccc(N(C)CC)cc3oc2=O)=C\1. The Morgan fingerprint density at radius 1 is 0.541 bits per heavy atom. The first-order valence-corrected chi connectivity index (χ1v) is 28.7. The summed E-state index contributed by atoms with van der Waals surface area (Å²) < 4.78 is 23.5. The van der Waals surface area contributed by atoms with Crippen molar-refractivity contribution in [2.24, 2.45) is 0 Å². The summed E-state index contributed by atoms with van der Waals surface area (Å²) in [6.07, 6.45) is 30.0. The number of nitriles is 2. The number of nitrogens with zero attached hydrogens (tertiary/aromatic N) is 8. The first-order chi connectivity index (χ1) is 41.4. The molecule has 2 aromatic heterocycles. The molecule has 14 nitrogen and oxygen atoms in total. The van der Waals surface area contributed by atoms with Crippen molar-refractivity contribution in [2.45, 2.75) is 58.3 Å². The molecule has 85 heavy (non-hydrogen) atoms. The molecule has 14 heteroatoms. The van der Waals surface area contributed by atoms with Crippen molar-refractivity contribution in [1.82, 2.24) is 0 Å². The first-order valence-electron chi connectivity index (χ1n) is 28.7. The topological polar surface area (TPSA) is 148 Å². The van der Waals surface area contributed by atoms with Gasteiger partial charge in [-0.15, -0.1) is 0 Å². The minimum atomic E-state index is -0.466. The van der Waals surface area contributed by atoms with E-state index >= 15 is 0 Å². The van der Waals surface area contributed by atoms with Gasteiger partial charge in [0.05, 0.1) is 36.4 Å². The van der Waals surface area contributed by atoms with Gasteiger partial charge in [-0.2, -0.15) is 0 Å². The second-order valence-corrected chi connectivity index (χ2v) is 21.9. The highest BCUT2D eigenvalue weighted by molar-refractivity contribution is 5.84. The van der Waals surface area contributed by atoms with Gasteiger partial charge in [-0.05, 0) is 224 Å². The molecule has 422 valence electrons. The van der Waals surface area contributed by atoms with Gasteiger partial charge in [0.2, 0.25) is 0 Å². The summed E-state index contributed by atoms with van der Waals surface area (Å²) in [6, 6.07) is 28.0. The molecule has 0 unspecified atom stereocenters. The van der Waals surface area contributed by atoms with Crippen LogP contribution in [0.4, 0.5) is 22.7 Å². The molecule has 6 aliphatic heterocycles. The van der Waals surface area contributed by atoms with Gasteiger partial charge in [0.25, 0.3) is 11.4 Å². The zero-order valence-corrected chi connectivity index (χ0v) is 48.1. The zero-order valence-electron chi connectivity index (χ0n) is 48.1. The number of aryl methyl sites for hydroxylation is 4.